The summed E-state index contributed by atoms with van der Waals surface area (Å²) in [5.74, 6) is -0.302. The first kappa shape index (κ1) is 13.7. The Labute approximate surface area is 128 Å². The number of nitrogens with two attached hydrogens (primary N) is 1. The second kappa shape index (κ2) is 5.48. The van der Waals surface area contributed by atoms with E-state index in [1.54, 1.807) is 17.4 Å². The number of benzene rings is 1. The molecule has 17 heavy (non-hydrogen) atoms. The lowest BCUT2D eigenvalue weighted by Gasteiger charge is -2.11. The van der Waals surface area contributed by atoms with Crippen LogP contribution in [0.4, 0.5) is 4.39 Å². The van der Waals surface area contributed by atoms with Crippen molar-refractivity contribution in [3.8, 4) is 0 Å². The second-order valence-corrected chi connectivity index (χ2v) is 8.03. The van der Waals surface area contributed by atoms with Crippen molar-refractivity contribution >= 4 is 59.1 Å². The average Bonchev–Trinajstić information content (AvgIpc) is 2.61. The van der Waals surface area contributed by atoms with E-state index in [0.29, 0.717) is 4.47 Å². The van der Waals surface area contributed by atoms with Gasteiger partial charge < -0.3 is 5.73 Å². The molecule has 0 saturated carbocycles. The standard InChI is InChI=1S/C11H7Br3FNS/c12-7-2-1-5(3-8(7)15)10(16)6-4-9(13)17-11(6)14/h1-4,10H,16H2. The molecule has 0 aliphatic carbocycles. The van der Waals surface area contributed by atoms with Crippen LogP contribution in [0.2, 0.25) is 0 Å². The third kappa shape index (κ3) is 2.98. The highest BCUT2D eigenvalue weighted by Crippen LogP contribution is 2.37. The number of rotatable bonds is 2. The molecule has 0 bridgehead atoms. The highest BCUT2D eigenvalue weighted by Gasteiger charge is 2.16. The predicted octanol–water partition coefficient (Wildman–Crippen LogP) is 5.22. The zero-order valence-electron chi connectivity index (χ0n) is 8.38. The van der Waals surface area contributed by atoms with Gasteiger partial charge in [-0.1, -0.05) is 6.07 Å². The maximum atomic E-state index is 13.4. The van der Waals surface area contributed by atoms with Crippen LogP contribution in [0, 0.1) is 5.82 Å². The number of halogens is 4. The first-order chi connectivity index (χ1) is 7.99. The Balaban J connectivity index is 2.40. The van der Waals surface area contributed by atoms with Crippen molar-refractivity contribution in [2.24, 2.45) is 5.73 Å². The van der Waals surface area contributed by atoms with Crippen molar-refractivity contribution < 1.29 is 4.39 Å². The fourth-order valence-corrected chi connectivity index (χ4v) is 4.63. The molecule has 2 aromatic rings. The zero-order chi connectivity index (χ0) is 12.6. The maximum absolute atomic E-state index is 13.4. The Morgan fingerprint density at radius 3 is 2.41 bits per heavy atom. The van der Waals surface area contributed by atoms with Crippen LogP contribution in [-0.2, 0) is 0 Å². The fraction of sp³-hybridized carbons (Fsp3) is 0.0909. The predicted molar refractivity (Wildman–Crippen MR) is 79.8 cm³/mol. The van der Waals surface area contributed by atoms with E-state index in [4.69, 9.17) is 5.73 Å². The summed E-state index contributed by atoms with van der Waals surface area (Å²) in [5, 5.41) is 0. The second-order valence-electron chi connectivity index (χ2n) is 3.43. The van der Waals surface area contributed by atoms with E-state index in [1.165, 1.54) is 6.07 Å². The van der Waals surface area contributed by atoms with E-state index in [0.717, 1.165) is 18.7 Å². The normalized spacial score (nSPS) is 12.8. The molecule has 0 amide bonds. The lowest BCUT2D eigenvalue weighted by Crippen LogP contribution is -2.11. The summed E-state index contributed by atoms with van der Waals surface area (Å²) in [7, 11) is 0. The van der Waals surface area contributed by atoms with Crippen LogP contribution < -0.4 is 5.73 Å². The van der Waals surface area contributed by atoms with Crippen molar-refractivity contribution in [2.45, 2.75) is 6.04 Å². The molecular weight excluding hydrogens is 437 g/mol. The van der Waals surface area contributed by atoms with Gasteiger partial charge in [-0.25, -0.2) is 4.39 Å². The molecule has 2 rings (SSSR count). The van der Waals surface area contributed by atoms with Gasteiger partial charge in [-0.15, -0.1) is 11.3 Å². The van der Waals surface area contributed by atoms with Crippen molar-refractivity contribution in [1.29, 1.82) is 0 Å². The number of hydrogen-bond donors (Lipinski definition) is 1. The van der Waals surface area contributed by atoms with Gasteiger partial charge in [0, 0.05) is 0 Å². The molecule has 0 aliphatic rings. The smallest absolute Gasteiger partial charge is 0.137 e. The molecule has 1 nitrogen and oxygen atoms in total. The maximum Gasteiger partial charge on any atom is 0.137 e. The molecule has 90 valence electrons. The van der Waals surface area contributed by atoms with Gasteiger partial charge in [0.15, 0.2) is 0 Å². The van der Waals surface area contributed by atoms with E-state index in [9.17, 15) is 4.39 Å². The minimum atomic E-state index is -0.338. The number of thiophene rings is 1. The molecular formula is C11H7Br3FNS. The largest absolute Gasteiger partial charge is 0.320 e. The summed E-state index contributed by atoms with van der Waals surface area (Å²) in [6.45, 7) is 0. The SMILES string of the molecule is NC(c1ccc(Br)c(F)c1)c1cc(Br)sc1Br. The van der Waals surface area contributed by atoms with Gasteiger partial charge in [0.05, 0.1) is 18.1 Å². The molecule has 1 heterocycles. The highest BCUT2D eigenvalue weighted by atomic mass is 79.9. The van der Waals surface area contributed by atoms with Crippen LogP contribution in [0.5, 0.6) is 0 Å². The van der Waals surface area contributed by atoms with Gasteiger partial charge >= 0.3 is 0 Å². The Hall–Kier alpha value is 0.250. The van der Waals surface area contributed by atoms with E-state index >= 15 is 0 Å². The van der Waals surface area contributed by atoms with Crippen molar-refractivity contribution in [3.05, 3.63) is 53.3 Å². The van der Waals surface area contributed by atoms with E-state index in [1.807, 2.05) is 12.1 Å². The highest BCUT2D eigenvalue weighted by molar-refractivity contribution is 9.12. The van der Waals surface area contributed by atoms with Gasteiger partial charge in [-0.2, -0.15) is 0 Å². The fourth-order valence-electron chi connectivity index (χ4n) is 1.45. The summed E-state index contributed by atoms with van der Waals surface area (Å²) in [6, 6.07) is 6.54. The summed E-state index contributed by atoms with van der Waals surface area (Å²) in [4.78, 5) is 0. The van der Waals surface area contributed by atoms with Gasteiger partial charge in [0.2, 0.25) is 0 Å². The van der Waals surface area contributed by atoms with E-state index in [2.05, 4.69) is 47.8 Å². The molecule has 1 unspecified atom stereocenters. The summed E-state index contributed by atoms with van der Waals surface area (Å²) < 4.78 is 15.8. The summed E-state index contributed by atoms with van der Waals surface area (Å²) in [6.07, 6.45) is 0. The van der Waals surface area contributed by atoms with Crippen LogP contribution in [0.3, 0.4) is 0 Å². The number of hydrogen-bond acceptors (Lipinski definition) is 2. The first-order valence-corrected chi connectivity index (χ1v) is 7.84. The lowest BCUT2D eigenvalue weighted by atomic mass is 10.0. The lowest BCUT2D eigenvalue weighted by molar-refractivity contribution is 0.617. The Bertz CT molecular complexity index is 556. The molecule has 0 fully saturated rings. The van der Waals surface area contributed by atoms with Crippen LogP contribution >= 0.6 is 59.1 Å². The third-order valence-corrected chi connectivity index (χ3v) is 5.35. The van der Waals surface area contributed by atoms with Gasteiger partial charge in [-0.05, 0) is 77.1 Å². The Kier molecular flexibility index (Phi) is 4.41. The molecule has 1 aromatic heterocycles. The van der Waals surface area contributed by atoms with Crippen LogP contribution in [0.25, 0.3) is 0 Å². The first-order valence-electron chi connectivity index (χ1n) is 4.64. The minimum absolute atomic E-state index is 0.302. The molecule has 0 radical (unpaired) electrons. The average molecular weight is 444 g/mol. The monoisotopic (exact) mass is 441 g/mol. The van der Waals surface area contributed by atoms with Gasteiger partial charge in [0.25, 0.3) is 0 Å². The van der Waals surface area contributed by atoms with Gasteiger partial charge in [0.1, 0.15) is 5.82 Å². The van der Waals surface area contributed by atoms with Crippen LogP contribution in [-0.4, -0.2) is 0 Å². The quantitative estimate of drug-likeness (QED) is 0.676. The molecule has 1 atom stereocenters. The summed E-state index contributed by atoms with van der Waals surface area (Å²) in [5.41, 5.74) is 7.82. The molecule has 0 spiro atoms. The molecule has 1 aromatic carbocycles. The van der Waals surface area contributed by atoms with Crippen molar-refractivity contribution in [3.63, 3.8) is 0 Å². The Morgan fingerprint density at radius 1 is 1.18 bits per heavy atom. The Morgan fingerprint density at radius 2 is 1.88 bits per heavy atom. The zero-order valence-corrected chi connectivity index (χ0v) is 14.0. The van der Waals surface area contributed by atoms with Crippen molar-refractivity contribution in [1.82, 2.24) is 0 Å². The molecule has 6 heteroatoms. The molecule has 0 aliphatic heterocycles. The topological polar surface area (TPSA) is 26.0 Å². The molecule has 0 saturated heterocycles. The van der Waals surface area contributed by atoms with Gasteiger partial charge in [-0.3, -0.25) is 0 Å². The molecule has 2 N–H and O–H groups in total. The van der Waals surface area contributed by atoms with E-state index in [-0.39, 0.29) is 11.9 Å². The minimum Gasteiger partial charge on any atom is -0.320 e. The summed E-state index contributed by atoms with van der Waals surface area (Å²) >= 11 is 11.5. The van der Waals surface area contributed by atoms with Crippen LogP contribution in [0.15, 0.2) is 36.3 Å². The van der Waals surface area contributed by atoms with Crippen LogP contribution in [0.1, 0.15) is 17.2 Å². The van der Waals surface area contributed by atoms with Crippen molar-refractivity contribution in [2.75, 3.05) is 0 Å². The van der Waals surface area contributed by atoms with E-state index < -0.39 is 0 Å². The third-order valence-electron chi connectivity index (χ3n) is 2.32.